The van der Waals surface area contributed by atoms with E-state index in [-0.39, 0.29) is 18.4 Å². The van der Waals surface area contributed by atoms with Gasteiger partial charge in [-0.3, -0.25) is 4.79 Å². The highest BCUT2D eigenvalue weighted by molar-refractivity contribution is 6.29. The highest BCUT2D eigenvalue weighted by Gasteiger charge is 2.14. The number of nitrogens with zero attached hydrogens (tertiary/aromatic N) is 3. The van der Waals surface area contributed by atoms with Crippen molar-refractivity contribution in [1.82, 2.24) is 15.3 Å². The van der Waals surface area contributed by atoms with Crippen LogP contribution in [0.15, 0.2) is 6.07 Å². The molecular weight excluding hydrogens is 264 g/mol. The third-order valence-electron chi connectivity index (χ3n) is 2.63. The van der Waals surface area contributed by atoms with E-state index in [1.54, 1.807) is 6.07 Å². The molecule has 0 saturated carbocycles. The molecule has 0 bridgehead atoms. The number of carbonyl (C=O) groups is 1. The maximum atomic E-state index is 11.7. The standard InChI is InChI=1S/C13H21ClN4O/c1-5-15-12(19)8-18(6-2)11-7-10(14)16-13(17-11)9(3)4/h7,9H,5-6,8H2,1-4H3,(H,15,19). The Morgan fingerprint density at radius 1 is 1.42 bits per heavy atom. The molecular formula is C13H21ClN4O. The predicted molar refractivity (Wildman–Crippen MR) is 77.7 cm³/mol. The quantitative estimate of drug-likeness (QED) is 0.814. The Morgan fingerprint density at radius 3 is 2.63 bits per heavy atom. The van der Waals surface area contributed by atoms with E-state index in [0.717, 1.165) is 0 Å². The van der Waals surface area contributed by atoms with E-state index in [1.165, 1.54) is 0 Å². The minimum atomic E-state index is -0.0230. The average Bonchev–Trinajstić information content (AvgIpc) is 2.35. The topological polar surface area (TPSA) is 58.1 Å². The summed E-state index contributed by atoms with van der Waals surface area (Å²) in [4.78, 5) is 22.2. The minimum absolute atomic E-state index is 0.0230. The fourth-order valence-corrected chi connectivity index (χ4v) is 1.81. The van der Waals surface area contributed by atoms with Gasteiger partial charge in [-0.05, 0) is 13.8 Å². The zero-order chi connectivity index (χ0) is 14.4. The molecule has 0 aromatic carbocycles. The first-order valence-corrected chi connectivity index (χ1v) is 6.91. The maximum absolute atomic E-state index is 11.7. The Morgan fingerprint density at radius 2 is 2.11 bits per heavy atom. The summed E-state index contributed by atoms with van der Waals surface area (Å²) < 4.78 is 0. The molecule has 5 nitrogen and oxygen atoms in total. The molecule has 0 radical (unpaired) electrons. The third-order valence-corrected chi connectivity index (χ3v) is 2.82. The molecule has 0 unspecified atom stereocenters. The van der Waals surface area contributed by atoms with Gasteiger partial charge in [0, 0.05) is 25.1 Å². The average molecular weight is 285 g/mol. The fourth-order valence-electron chi connectivity index (χ4n) is 1.62. The lowest BCUT2D eigenvalue weighted by molar-refractivity contribution is -0.119. The second-order valence-corrected chi connectivity index (χ2v) is 4.92. The third kappa shape index (κ3) is 4.67. The zero-order valence-electron chi connectivity index (χ0n) is 11.9. The van der Waals surface area contributed by atoms with Crippen LogP contribution in [0.2, 0.25) is 5.15 Å². The summed E-state index contributed by atoms with van der Waals surface area (Å²) >= 11 is 6.01. The molecule has 1 heterocycles. The summed E-state index contributed by atoms with van der Waals surface area (Å²) in [6.45, 7) is 9.47. The van der Waals surface area contributed by atoms with Gasteiger partial charge in [-0.2, -0.15) is 0 Å². The van der Waals surface area contributed by atoms with Crippen LogP contribution in [0.4, 0.5) is 5.82 Å². The number of halogens is 1. The summed E-state index contributed by atoms with van der Waals surface area (Å²) in [6.07, 6.45) is 0. The van der Waals surface area contributed by atoms with Crippen molar-refractivity contribution in [1.29, 1.82) is 0 Å². The minimum Gasteiger partial charge on any atom is -0.355 e. The number of hydrogen-bond acceptors (Lipinski definition) is 4. The molecule has 0 atom stereocenters. The molecule has 6 heteroatoms. The molecule has 19 heavy (non-hydrogen) atoms. The number of anilines is 1. The highest BCUT2D eigenvalue weighted by Crippen LogP contribution is 2.19. The molecule has 1 N–H and O–H groups in total. The van der Waals surface area contributed by atoms with Crippen LogP contribution in [-0.4, -0.2) is 35.5 Å². The van der Waals surface area contributed by atoms with Gasteiger partial charge in [-0.15, -0.1) is 0 Å². The lowest BCUT2D eigenvalue weighted by atomic mass is 10.2. The van der Waals surface area contributed by atoms with Gasteiger partial charge in [-0.25, -0.2) is 9.97 Å². The van der Waals surface area contributed by atoms with E-state index in [9.17, 15) is 4.79 Å². The van der Waals surface area contributed by atoms with E-state index in [2.05, 4.69) is 15.3 Å². The van der Waals surface area contributed by atoms with Gasteiger partial charge >= 0.3 is 0 Å². The summed E-state index contributed by atoms with van der Waals surface area (Å²) in [5, 5.41) is 3.18. The Kier molecular flexibility index (Phi) is 6.02. The SMILES string of the molecule is CCNC(=O)CN(CC)c1cc(Cl)nc(C(C)C)n1. The Bertz CT molecular complexity index is 437. The number of aromatic nitrogens is 2. The summed E-state index contributed by atoms with van der Waals surface area (Å²) in [5.74, 6) is 1.56. The fraction of sp³-hybridized carbons (Fsp3) is 0.615. The number of carbonyl (C=O) groups excluding carboxylic acids is 1. The molecule has 0 aliphatic rings. The molecule has 1 aromatic heterocycles. The van der Waals surface area contributed by atoms with Crippen LogP contribution in [0, 0.1) is 0 Å². The monoisotopic (exact) mass is 284 g/mol. The lowest BCUT2D eigenvalue weighted by Gasteiger charge is -2.22. The van der Waals surface area contributed by atoms with Gasteiger partial charge in [0.1, 0.15) is 16.8 Å². The van der Waals surface area contributed by atoms with Crippen molar-refractivity contribution < 1.29 is 4.79 Å². The second kappa shape index (κ2) is 7.28. The maximum Gasteiger partial charge on any atom is 0.239 e. The number of amides is 1. The lowest BCUT2D eigenvalue weighted by Crippen LogP contribution is -2.37. The smallest absolute Gasteiger partial charge is 0.239 e. The molecule has 1 aromatic rings. The van der Waals surface area contributed by atoms with E-state index in [0.29, 0.717) is 29.9 Å². The molecule has 0 aliphatic heterocycles. The first kappa shape index (κ1) is 15.7. The van der Waals surface area contributed by atoms with E-state index in [1.807, 2.05) is 32.6 Å². The van der Waals surface area contributed by atoms with E-state index >= 15 is 0 Å². The Hall–Kier alpha value is -1.36. The van der Waals surface area contributed by atoms with Crippen LogP contribution in [0.1, 0.15) is 39.4 Å². The van der Waals surface area contributed by atoms with Gasteiger partial charge in [0.15, 0.2) is 0 Å². The Labute approximate surface area is 119 Å². The van der Waals surface area contributed by atoms with Crippen molar-refractivity contribution in [3.05, 3.63) is 17.0 Å². The van der Waals surface area contributed by atoms with Crippen LogP contribution in [0.3, 0.4) is 0 Å². The van der Waals surface area contributed by atoms with Crippen LogP contribution in [-0.2, 0) is 4.79 Å². The largest absolute Gasteiger partial charge is 0.355 e. The van der Waals surface area contributed by atoms with E-state index in [4.69, 9.17) is 11.6 Å². The summed E-state index contributed by atoms with van der Waals surface area (Å²) in [6, 6.07) is 1.69. The van der Waals surface area contributed by atoms with Gasteiger partial charge in [-0.1, -0.05) is 25.4 Å². The summed E-state index contributed by atoms with van der Waals surface area (Å²) in [5.41, 5.74) is 0. The van der Waals surface area contributed by atoms with E-state index < -0.39 is 0 Å². The second-order valence-electron chi connectivity index (χ2n) is 4.53. The normalized spacial score (nSPS) is 10.6. The molecule has 1 amide bonds. The zero-order valence-corrected chi connectivity index (χ0v) is 12.7. The first-order valence-electron chi connectivity index (χ1n) is 6.54. The van der Waals surface area contributed by atoms with Crippen molar-refractivity contribution in [2.75, 3.05) is 24.5 Å². The molecule has 0 saturated heterocycles. The van der Waals surface area contributed by atoms with Crippen molar-refractivity contribution in [3.8, 4) is 0 Å². The molecule has 106 valence electrons. The van der Waals surface area contributed by atoms with Gasteiger partial charge < -0.3 is 10.2 Å². The molecule has 0 aliphatic carbocycles. The predicted octanol–water partition coefficient (Wildman–Crippen LogP) is 2.22. The van der Waals surface area contributed by atoms with Crippen LogP contribution in [0.25, 0.3) is 0 Å². The number of rotatable bonds is 6. The van der Waals surface area contributed by atoms with Gasteiger partial charge in [0.2, 0.25) is 5.91 Å². The first-order chi connectivity index (χ1) is 8.97. The number of nitrogens with one attached hydrogen (secondary N) is 1. The molecule has 0 spiro atoms. The van der Waals surface area contributed by atoms with Crippen LogP contribution >= 0.6 is 11.6 Å². The van der Waals surface area contributed by atoms with Gasteiger partial charge in [0.05, 0.1) is 6.54 Å². The Balaban J connectivity index is 2.94. The number of likely N-dealkylation sites (N-methyl/N-ethyl adjacent to an activating group) is 2. The molecule has 0 fully saturated rings. The van der Waals surface area contributed by atoms with Crippen molar-refractivity contribution in [3.63, 3.8) is 0 Å². The molecule has 1 rings (SSSR count). The number of hydrogen-bond donors (Lipinski definition) is 1. The van der Waals surface area contributed by atoms with Crippen molar-refractivity contribution in [2.45, 2.75) is 33.6 Å². The van der Waals surface area contributed by atoms with Crippen LogP contribution < -0.4 is 10.2 Å². The van der Waals surface area contributed by atoms with Gasteiger partial charge in [0.25, 0.3) is 0 Å². The summed E-state index contributed by atoms with van der Waals surface area (Å²) in [7, 11) is 0. The van der Waals surface area contributed by atoms with Crippen LogP contribution in [0.5, 0.6) is 0 Å². The van der Waals surface area contributed by atoms with Crippen molar-refractivity contribution >= 4 is 23.3 Å². The highest BCUT2D eigenvalue weighted by atomic mass is 35.5. The van der Waals surface area contributed by atoms with Crippen molar-refractivity contribution in [2.24, 2.45) is 0 Å².